The van der Waals surface area contributed by atoms with Crippen molar-refractivity contribution < 1.29 is 42.8 Å². The number of hydrogen-bond donors (Lipinski definition) is 0. The molecular formula is C32H30O9. The van der Waals surface area contributed by atoms with Crippen LogP contribution in [0, 0.1) is 0 Å². The molecular weight excluding hydrogens is 528 g/mol. The van der Waals surface area contributed by atoms with Gasteiger partial charge in [-0.1, -0.05) is 74.4 Å². The molecule has 0 aromatic heterocycles. The third-order valence-corrected chi connectivity index (χ3v) is 5.86. The molecule has 0 unspecified atom stereocenters. The van der Waals surface area contributed by atoms with Crippen molar-refractivity contribution in [3.63, 3.8) is 0 Å². The number of hydrogen-bond acceptors (Lipinski definition) is 9. The molecule has 3 aromatic carbocycles. The fourth-order valence-electron chi connectivity index (χ4n) is 3.83. The van der Waals surface area contributed by atoms with Crippen LogP contribution in [-0.2, 0) is 19.6 Å². The average Bonchev–Trinajstić information content (AvgIpc) is 2.98. The third-order valence-electron chi connectivity index (χ3n) is 5.86. The van der Waals surface area contributed by atoms with Crippen molar-refractivity contribution in [2.75, 3.05) is 19.8 Å². The van der Waals surface area contributed by atoms with Crippen LogP contribution in [0.3, 0.4) is 0 Å². The van der Waals surface area contributed by atoms with Gasteiger partial charge in [0.15, 0.2) is 0 Å². The summed E-state index contributed by atoms with van der Waals surface area (Å²) in [5.41, 5.74) is 1.80. The lowest BCUT2D eigenvalue weighted by atomic mass is 9.71. The Balaban J connectivity index is 1.93. The molecule has 9 nitrogen and oxygen atoms in total. The number of carbonyl (C=O) groups excluding carboxylic acids is 3. The van der Waals surface area contributed by atoms with Crippen molar-refractivity contribution in [1.82, 2.24) is 0 Å². The molecule has 0 saturated heterocycles. The Hall–Kier alpha value is -5.31. The van der Waals surface area contributed by atoms with Gasteiger partial charge in [-0.2, -0.15) is 0 Å². The van der Waals surface area contributed by atoms with E-state index in [1.54, 1.807) is 36.4 Å². The highest BCUT2D eigenvalue weighted by molar-refractivity contribution is 5.66. The van der Waals surface area contributed by atoms with Crippen LogP contribution >= 0.6 is 0 Å². The molecule has 0 bridgehead atoms. The molecule has 0 amide bonds. The van der Waals surface area contributed by atoms with E-state index in [2.05, 4.69) is 19.7 Å². The molecule has 9 heteroatoms. The molecule has 0 radical (unpaired) electrons. The zero-order valence-electron chi connectivity index (χ0n) is 22.6. The van der Waals surface area contributed by atoms with E-state index in [1.807, 2.05) is 43.3 Å². The second-order valence-corrected chi connectivity index (χ2v) is 8.55. The molecule has 3 rings (SSSR count). The van der Waals surface area contributed by atoms with Crippen molar-refractivity contribution in [3.05, 3.63) is 127 Å². The number of carbonyl (C=O) groups is 3. The van der Waals surface area contributed by atoms with E-state index in [0.29, 0.717) is 17.2 Å². The fourth-order valence-corrected chi connectivity index (χ4v) is 3.83. The first kappa shape index (κ1) is 30.2. The maximum absolute atomic E-state index is 11.8. The van der Waals surface area contributed by atoms with Crippen LogP contribution in [0.15, 0.2) is 111 Å². The quantitative estimate of drug-likeness (QED) is 0.0753. The lowest BCUT2D eigenvalue weighted by Crippen LogP contribution is -2.25. The van der Waals surface area contributed by atoms with E-state index in [0.717, 1.165) is 16.7 Å². The van der Waals surface area contributed by atoms with Gasteiger partial charge in [-0.15, -0.1) is 0 Å². The van der Waals surface area contributed by atoms with Crippen molar-refractivity contribution in [3.8, 4) is 17.2 Å². The molecule has 0 aliphatic carbocycles. The van der Waals surface area contributed by atoms with Crippen LogP contribution in [0.1, 0.15) is 23.6 Å². The van der Waals surface area contributed by atoms with Gasteiger partial charge in [0.1, 0.15) is 37.1 Å². The first-order valence-corrected chi connectivity index (χ1v) is 12.5. The van der Waals surface area contributed by atoms with Gasteiger partial charge in [-0.25, -0.2) is 14.4 Å². The Morgan fingerprint density at radius 1 is 0.537 bits per heavy atom. The Kier molecular flexibility index (Phi) is 10.9. The third kappa shape index (κ3) is 8.34. The van der Waals surface area contributed by atoms with Crippen LogP contribution in [0.25, 0.3) is 0 Å². The summed E-state index contributed by atoms with van der Waals surface area (Å²) >= 11 is 0. The monoisotopic (exact) mass is 558 g/mol. The molecule has 0 spiro atoms. The molecule has 41 heavy (non-hydrogen) atoms. The Labute approximate surface area is 238 Å². The summed E-state index contributed by atoms with van der Waals surface area (Å²) in [6, 6.07) is 20.9. The van der Waals surface area contributed by atoms with E-state index in [9.17, 15) is 14.4 Å². The predicted molar refractivity (Wildman–Crippen MR) is 151 cm³/mol. The highest BCUT2D eigenvalue weighted by atomic mass is 16.7. The molecule has 0 N–H and O–H groups in total. The number of benzene rings is 3. The van der Waals surface area contributed by atoms with E-state index in [4.69, 9.17) is 28.4 Å². The SMILES string of the molecule is C=CCOC(=O)Oc1ccc(C(C)(c2ccc(OC(=O)OCC=C)cc2)c2ccc(OC(=O)OCC=C)cc2)cc1. The summed E-state index contributed by atoms with van der Waals surface area (Å²) in [5, 5.41) is 0. The van der Waals surface area contributed by atoms with Crippen molar-refractivity contribution in [2.45, 2.75) is 12.3 Å². The van der Waals surface area contributed by atoms with Gasteiger partial charge in [0.05, 0.1) is 0 Å². The van der Waals surface area contributed by atoms with Crippen LogP contribution < -0.4 is 14.2 Å². The van der Waals surface area contributed by atoms with Crippen LogP contribution in [-0.4, -0.2) is 38.3 Å². The minimum atomic E-state index is -0.843. The van der Waals surface area contributed by atoms with Gasteiger partial charge < -0.3 is 28.4 Å². The highest BCUT2D eigenvalue weighted by Crippen LogP contribution is 2.40. The summed E-state index contributed by atoms with van der Waals surface area (Å²) in [7, 11) is 0. The van der Waals surface area contributed by atoms with Crippen LogP contribution in [0.2, 0.25) is 0 Å². The normalized spacial score (nSPS) is 10.5. The zero-order valence-corrected chi connectivity index (χ0v) is 22.6. The molecule has 212 valence electrons. The van der Waals surface area contributed by atoms with Gasteiger partial charge in [-0.3, -0.25) is 0 Å². The van der Waals surface area contributed by atoms with Crippen molar-refractivity contribution in [1.29, 1.82) is 0 Å². The summed E-state index contributed by atoms with van der Waals surface area (Å²) in [6.07, 6.45) is 1.80. The largest absolute Gasteiger partial charge is 0.514 e. The molecule has 0 saturated carbocycles. The Morgan fingerprint density at radius 2 is 0.780 bits per heavy atom. The predicted octanol–water partition coefficient (Wildman–Crippen LogP) is 7.15. The first-order chi connectivity index (χ1) is 19.8. The second kappa shape index (κ2) is 14.7. The second-order valence-electron chi connectivity index (χ2n) is 8.55. The molecule has 0 aliphatic heterocycles. The lowest BCUT2D eigenvalue weighted by Gasteiger charge is -2.32. The van der Waals surface area contributed by atoms with Crippen LogP contribution in [0.4, 0.5) is 14.4 Å². The number of rotatable bonds is 12. The van der Waals surface area contributed by atoms with E-state index < -0.39 is 23.9 Å². The summed E-state index contributed by atoms with van der Waals surface area (Å²) in [5.74, 6) is 0.899. The van der Waals surface area contributed by atoms with Gasteiger partial charge >= 0.3 is 18.5 Å². The molecule has 3 aromatic rings. The molecule has 0 aliphatic rings. The Bertz CT molecular complexity index is 1190. The minimum absolute atomic E-state index is 0.0341. The molecule has 0 atom stereocenters. The summed E-state index contributed by atoms with van der Waals surface area (Å²) < 4.78 is 30.3. The fraction of sp³-hybridized carbons (Fsp3) is 0.156. The summed E-state index contributed by atoms with van der Waals surface area (Å²) in [6.45, 7) is 12.6. The average molecular weight is 559 g/mol. The van der Waals surface area contributed by atoms with Gasteiger partial charge in [0, 0.05) is 5.41 Å². The topological polar surface area (TPSA) is 107 Å². The Morgan fingerprint density at radius 3 is 1.00 bits per heavy atom. The highest BCUT2D eigenvalue weighted by Gasteiger charge is 2.31. The van der Waals surface area contributed by atoms with Gasteiger partial charge in [0.25, 0.3) is 0 Å². The zero-order chi connectivity index (χ0) is 29.7. The maximum Gasteiger partial charge on any atom is 0.514 e. The van der Waals surface area contributed by atoms with Gasteiger partial charge in [0.2, 0.25) is 0 Å². The molecule has 0 heterocycles. The first-order valence-electron chi connectivity index (χ1n) is 12.5. The van der Waals surface area contributed by atoms with E-state index >= 15 is 0 Å². The summed E-state index contributed by atoms with van der Waals surface area (Å²) in [4.78, 5) is 35.5. The van der Waals surface area contributed by atoms with Crippen molar-refractivity contribution in [2.24, 2.45) is 0 Å². The van der Waals surface area contributed by atoms with E-state index in [-0.39, 0.29) is 19.8 Å². The minimum Gasteiger partial charge on any atom is -0.430 e. The molecule has 0 fully saturated rings. The maximum atomic E-state index is 11.8. The van der Waals surface area contributed by atoms with Crippen LogP contribution in [0.5, 0.6) is 17.2 Å². The van der Waals surface area contributed by atoms with Gasteiger partial charge in [-0.05, 0) is 60.0 Å². The number of ether oxygens (including phenoxy) is 6. The van der Waals surface area contributed by atoms with Crippen molar-refractivity contribution >= 4 is 18.5 Å². The lowest BCUT2D eigenvalue weighted by molar-refractivity contribution is 0.108. The standard InChI is InChI=1S/C32H30O9/c1-5-20-36-29(33)39-26-14-8-23(9-15-26)32(4,24-10-16-27(17-11-24)40-30(34)37-21-6-2)25-12-18-28(19-13-25)41-31(35)38-22-7-3/h5-19H,1-3,20-22H2,4H3. The smallest absolute Gasteiger partial charge is 0.430 e. The van der Waals surface area contributed by atoms with E-state index in [1.165, 1.54) is 18.2 Å².